The Hall–Kier alpha value is -1.62. The Labute approximate surface area is 112 Å². The quantitative estimate of drug-likeness (QED) is 0.862. The van der Waals surface area contributed by atoms with Gasteiger partial charge in [0.1, 0.15) is 11.6 Å². The molecule has 0 heterocycles. The fraction of sp³-hybridized carbons (Fsp3) is 0.500. The van der Waals surface area contributed by atoms with Crippen molar-refractivity contribution in [3.8, 4) is 5.75 Å². The maximum Gasteiger partial charge on any atom is 0.344 e. The van der Waals surface area contributed by atoms with Crippen LogP contribution in [0, 0.1) is 5.82 Å². The summed E-state index contributed by atoms with van der Waals surface area (Å²) >= 11 is 0. The van der Waals surface area contributed by atoms with Gasteiger partial charge in [0, 0.05) is 18.2 Å². The first-order valence-corrected chi connectivity index (χ1v) is 6.11. The van der Waals surface area contributed by atoms with E-state index in [2.05, 4.69) is 5.32 Å². The Balaban J connectivity index is 2.79. The van der Waals surface area contributed by atoms with Crippen LogP contribution in [-0.4, -0.2) is 22.7 Å². The zero-order valence-corrected chi connectivity index (χ0v) is 11.7. The fourth-order valence-electron chi connectivity index (χ4n) is 1.41. The SMILES string of the molecule is CC(Oc1cc(F)cc(CNC(C)(C)C)c1)C(=O)O. The Bertz CT molecular complexity index is 454. The lowest BCUT2D eigenvalue weighted by Gasteiger charge is -2.21. The number of halogens is 1. The Kier molecular flexibility index (Phi) is 4.89. The topological polar surface area (TPSA) is 58.6 Å². The lowest BCUT2D eigenvalue weighted by atomic mass is 10.1. The number of hydrogen-bond donors (Lipinski definition) is 2. The summed E-state index contributed by atoms with van der Waals surface area (Å²) in [6.45, 7) is 7.92. The second-order valence-electron chi connectivity index (χ2n) is 5.50. The minimum absolute atomic E-state index is 0.0817. The Morgan fingerprint density at radius 1 is 1.42 bits per heavy atom. The molecule has 0 radical (unpaired) electrons. The number of hydrogen-bond acceptors (Lipinski definition) is 3. The van der Waals surface area contributed by atoms with Gasteiger partial charge in [0.2, 0.25) is 0 Å². The second kappa shape index (κ2) is 6.02. The van der Waals surface area contributed by atoms with Gasteiger partial charge in [-0.1, -0.05) is 0 Å². The van der Waals surface area contributed by atoms with Crippen LogP contribution in [0.5, 0.6) is 5.75 Å². The monoisotopic (exact) mass is 269 g/mol. The van der Waals surface area contributed by atoms with Crippen LogP contribution in [-0.2, 0) is 11.3 Å². The largest absolute Gasteiger partial charge is 0.479 e. The molecule has 0 saturated carbocycles. The summed E-state index contributed by atoms with van der Waals surface area (Å²) in [6.07, 6.45) is -1.01. The minimum atomic E-state index is -1.08. The molecule has 0 amide bonds. The third-order valence-electron chi connectivity index (χ3n) is 2.41. The van der Waals surface area contributed by atoms with Gasteiger partial charge < -0.3 is 15.2 Å². The first kappa shape index (κ1) is 15.4. The first-order valence-electron chi connectivity index (χ1n) is 6.11. The number of carboxylic acids is 1. The molecule has 0 saturated heterocycles. The Morgan fingerprint density at radius 2 is 2.05 bits per heavy atom. The second-order valence-corrected chi connectivity index (χ2v) is 5.50. The summed E-state index contributed by atoms with van der Waals surface area (Å²) in [5.74, 6) is -1.31. The summed E-state index contributed by atoms with van der Waals surface area (Å²) < 4.78 is 18.6. The van der Waals surface area contributed by atoms with Gasteiger partial charge in [0.15, 0.2) is 6.10 Å². The first-order chi connectivity index (χ1) is 8.67. The number of benzene rings is 1. The number of carbonyl (C=O) groups is 1. The average molecular weight is 269 g/mol. The number of rotatable bonds is 5. The van der Waals surface area contributed by atoms with E-state index >= 15 is 0 Å². The molecule has 0 aliphatic carbocycles. The van der Waals surface area contributed by atoms with E-state index in [0.717, 1.165) is 0 Å². The molecule has 106 valence electrons. The standard InChI is InChI=1S/C14H20FNO3/c1-9(13(17)18)19-12-6-10(5-11(15)7-12)8-16-14(2,3)4/h5-7,9,16H,8H2,1-4H3,(H,17,18). The highest BCUT2D eigenvalue weighted by atomic mass is 19.1. The van der Waals surface area contributed by atoms with Gasteiger partial charge in [-0.15, -0.1) is 0 Å². The third kappa shape index (κ3) is 5.70. The highest BCUT2D eigenvalue weighted by Gasteiger charge is 2.14. The van der Waals surface area contributed by atoms with Crippen molar-refractivity contribution in [1.82, 2.24) is 5.32 Å². The van der Waals surface area contributed by atoms with Gasteiger partial charge in [0.25, 0.3) is 0 Å². The van der Waals surface area contributed by atoms with Crippen molar-refractivity contribution < 1.29 is 19.0 Å². The molecular formula is C14H20FNO3. The van der Waals surface area contributed by atoms with Crippen molar-refractivity contribution in [3.05, 3.63) is 29.6 Å². The van der Waals surface area contributed by atoms with Crippen molar-refractivity contribution >= 4 is 5.97 Å². The molecule has 0 bridgehead atoms. The summed E-state index contributed by atoms with van der Waals surface area (Å²) in [7, 11) is 0. The maximum atomic E-state index is 13.4. The van der Waals surface area contributed by atoms with Crippen molar-refractivity contribution in [1.29, 1.82) is 0 Å². The number of nitrogens with one attached hydrogen (secondary N) is 1. The smallest absolute Gasteiger partial charge is 0.344 e. The van der Waals surface area contributed by atoms with Crippen LogP contribution >= 0.6 is 0 Å². The molecule has 2 N–H and O–H groups in total. The molecule has 1 aromatic rings. The molecule has 1 aromatic carbocycles. The third-order valence-corrected chi connectivity index (χ3v) is 2.41. The van der Waals surface area contributed by atoms with Gasteiger partial charge in [-0.25, -0.2) is 9.18 Å². The van der Waals surface area contributed by atoms with E-state index in [1.807, 2.05) is 20.8 Å². The van der Waals surface area contributed by atoms with E-state index < -0.39 is 17.9 Å². The molecule has 0 aliphatic heterocycles. The van der Waals surface area contributed by atoms with Crippen LogP contribution in [0.1, 0.15) is 33.3 Å². The summed E-state index contributed by atoms with van der Waals surface area (Å²) in [5, 5.41) is 12.0. The average Bonchev–Trinajstić information content (AvgIpc) is 2.24. The van der Waals surface area contributed by atoms with Crippen LogP contribution in [0.4, 0.5) is 4.39 Å². The lowest BCUT2D eigenvalue weighted by molar-refractivity contribution is -0.144. The minimum Gasteiger partial charge on any atom is -0.479 e. The van der Waals surface area contributed by atoms with Gasteiger partial charge in [-0.05, 0) is 45.4 Å². The van der Waals surface area contributed by atoms with Crippen LogP contribution in [0.15, 0.2) is 18.2 Å². The summed E-state index contributed by atoms with van der Waals surface area (Å²) in [4.78, 5) is 10.7. The summed E-state index contributed by atoms with van der Waals surface area (Å²) in [6, 6.07) is 4.22. The van der Waals surface area contributed by atoms with Gasteiger partial charge in [-0.2, -0.15) is 0 Å². The molecule has 19 heavy (non-hydrogen) atoms. The van der Waals surface area contributed by atoms with E-state index in [1.54, 1.807) is 6.07 Å². The number of ether oxygens (including phenoxy) is 1. The van der Waals surface area contributed by atoms with Crippen LogP contribution in [0.3, 0.4) is 0 Å². The molecule has 5 heteroatoms. The maximum absolute atomic E-state index is 13.4. The highest BCUT2D eigenvalue weighted by Crippen LogP contribution is 2.18. The normalized spacial score (nSPS) is 13.1. The highest BCUT2D eigenvalue weighted by molar-refractivity contribution is 5.72. The van der Waals surface area contributed by atoms with Crippen molar-refractivity contribution in [3.63, 3.8) is 0 Å². The molecule has 1 unspecified atom stereocenters. The van der Waals surface area contributed by atoms with Crippen LogP contribution < -0.4 is 10.1 Å². The van der Waals surface area contributed by atoms with Gasteiger partial charge >= 0.3 is 5.97 Å². The van der Waals surface area contributed by atoms with E-state index in [9.17, 15) is 9.18 Å². The molecule has 1 atom stereocenters. The van der Waals surface area contributed by atoms with Crippen LogP contribution in [0.2, 0.25) is 0 Å². The zero-order valence-electron chi connectivity index (χ0n) is 11.7. The van der Waals surface area contributed by atoms with E-state index in [4.69, 9.17) is 9.84 Å². The molecular weight excluding hydrogens is 249 g/mol. The molecule has 0 fully saturated rings. The van der Waals surface area contributed by atoms with E-state index in [1.165, 1.54) is 19.1 Å². The molecule has 0 aromatic heterocycles. The predicted molar refractivity (Wildman–Crippen MR) is 70.7 cm³/mol. The lowest BCUT2D eigenvalue weighted by Crippen LogP contribution is -2.35. The molecule has 1 rings (SSSR count). The molecule has 4 nitrogen and oxygen atoms in total. The van der Waals surface area contributed by atoms with Crippen molar-refractivity contribution in [2.75, 3.05) is 0 Å². The van der Waals surface area contributed by atoms with Crippen LogP contribution in [0.25, 0.3) is 0 Å². The van der Waals surface area contributed by atoms with Gasteiger partial charge in [-0.3, -0.25) is 0 Å². The number of aliphatic carboxylic acids is 1. The summed E-state index contributed by atoms with van der Waals surface area (Å²) in [5.41, 5.74) is 0.629. The molecule has 0 aliphatic rings. The zero-order chi connectivity index (χ0) is 14.6. The van der Waals surface area contributed by atoms with Crippen molar-refractivity contribution in [2.45, 2.75) is 45.9 Å². The van der Waals surface area contributed by atoms with E-state index in [-0.39, 0.29) is 11.3 Å². The fourth-order valence-corrected chi connectivity index (χ4v) is 1.41. The number of carboxylic acid groups (broad SMARTS) is 1. The predicted octanol–water partition coefficient (Wildman–Crippen LogP) is 2.57. The Morgan fingerprint density at radius 3 is 2.58 bits per heavy atom. The van der Waals surface area contributed by atoms with Gasteiger partial charge in [0.05, 0.1) is 0 Å². The van der Waals surface area contributed by atoms with E-state index in [0.29, 0.717) is 12.1 Å². The van der Waals surface area contributed by atoms with Crippen molar-refractivity contribution in [2.24, 2.45) is 0 Å². The molecule has 0 spiro atoms.